The van der Waals surface area contributed by atoms with Gasteiger partial charge in [0.1, 0.15) is 5.75 Å². The first-order chi connectivity index (χ1) is 8.38. The maximum absolute atomic E-state index is 10.1. The van der Waals surface area contributed by atoms with Gasteiger partial charge in [-0.05, 0) is 36.4 Å². The molecule has 2 aromatic carbocycles. The molecule has 0 heterocycles. The van der Waals surface area contributed by atoms with Crippen molar-refractivity contribution in [3.05, 3.63) is 54.6 Å². The van der Waals surface area contributed by atoms with Crippen molar-refractivity contribution in [3.63, 3.8) is 0 Å². The first kappa shape index (κ1) is 11.0. The van der Waals surface area contributed by atoms with Crippen molar-refractivity contribution >= 4 is 17.8 Å². The van der Waals surface area contributed by atoms with Crippen LogP contribution in [0.15, 0.2) is 64.8 Å². The summed E-state index contributed by atoms with van der Waals surface area (Å²) >= 11 is 0. The third-order valence-corrected chi connectivity index (χ3v) is 2.06. The Morgan fingerprint density at radius 2 is 1.41 bits per heavy atom. The molecule has 0 spiro atoms. The molecule has 0 saturated carbocycles. The highest BCUT2D eigenvalue weighted by atomic mass is 16.5. The summed E-state index contributed by atoms with van der Waals surface area (Å²) in [6.07, 6.45) is 0. The number of ether oxygens (including phenoxy) is 1. The molecule has 17 heavy (non-hydrogen) atoms. The molecule has 0 bridgehead atoms. The Morgan fingerprint density at radius 1 is 0.824 bits per heavy atom. The van der Waals surface area contributed by atoms with Gasteiger partial charge in [0.05, 0.1) is 11.4 Å². The molecular weight excluding hydrogens is 216 g/mol. The highest BCUT2D eigenvalue weighted by Gasteiger charge is 1.93. The van der Waals surface area contributed by atoms with Gasteiger partial charge in [-0.25, -0.2) is 0 Å². The van der Waals surface area contributed by atoms with Crippen LogP contribution in [0.25, 0.3) is 0 Å². The minimum absolute atomic E-state index is 0.389. The molecule has 2 rings (SSSR count). The topological polar surface area (TPSA) is 51.0 Å². The van der Waals surface area contributed by atoms with E-state index in [9.17, 15) is 4.79 Å². The summed E-state index contributed by atoms with van der Waals surface area (Å²) < 4.78 is 4.67. The van der Waals surface area contributed by atoms with E-state index in [1.807, 2.05) is 30.3 Å². The summed E-state index contributed by atoms with van der Waals surface area (Å²) in [5, 5.41) is 8.13. The van der Waals surface area contributed by atoms with Crippen LogP contribution in [-0.2, 0) is 4.79 Å². The van der Waals surface area contributed by atoms with Gasteiger partial charge in [-0.15, -0.1) is 0 Å². The fourth-order valence-electron chi connectivity index (χ4n) is 1.26. The summed E-state index contributed by atoms with van der Waals surface area (Å²) in [6, 6.07) is 16.2. The second kappa shape index (κ2) is 5.55. The largest absolute Gasteiger partial charge is 0.429 e. The molecule has 0 saturated heterocycles. The maximum Gasteiger partial charge on any atom is 0.298 e. The Kier molecular flexibility index (Phi) is 3.60. The van der Waals surface area contributed by atoms with E-state index in [-0.39, 0.29) is 0 Å². The highest BCUT2D eigenvalue weighted by molar-refractivity contribution is 5.48. The Balaban J connectivity index is 2.08. The average molecular weight is 226 g/mol. The van der Waals surface area contributed by atoms with Crippen LogP contribution in [0.1, 0.15) is 0 Å². The van der Waals surface area contributed by atoms with Crippen molar-refractivity contribution in [3.8, 4) is 5.75 Å². The van der Waals surface area contributed by atoms with Crippen molar-refractivity contribution in [1.29, 1.82) is 0 Å². The first-order valence-corrected chi connectivity index (χ1v) is 5.05. The van der Waals surface area contributed by atoms with E-state index in [2.05, 4.69) is 15.0 Å². The summed E-state index contributed by atoms with van der Waals surface area (Å²) in [6.45, 7) is 0.389. The molecule has 0 aliphatic carbocycles. The smallest absolute Gasteiger partial charge is 0.298 e. The molecule has 4 nitrogen and oxygen atoms in total. The van der Waals surface area contributed by atoms with Crippen LogP contribution >= 0.6 is 0 Å². The van der Waals surface area contributed by atoms with E-state index in [1.165, 1.54) is 0 Å². The zero-order chi connectivity index (χ0) is 11.9. The van der Waals surface area contributed by atoms with E-state index in [0.29, 0.717) is 17.9 Å². The molecular formula is C13H10N2O2. The number of nitrogens with zero attached hydrogens (tertiary/aromatic N) is 2. The summed E-state index contributed by atoms with van der Waals surface area (Å²) in [5.74, 6) is 0.485. The Labute approximate surface area is 98.6 Å². The van der Waals surface area contributed by atoms with E-state index in [1.54, 1.807) is 24.3 Å². The molecule has 0 fully saturated rings. The lowest BCUT2D eigenvalue weighted by Crippen LogP contribution is -1.86. The van der Waals surface area contributed by atoms with Crippen molar-refractivity contribution in [1.82, 2.24) is 0 Å². The zero-order valence-electron chi connectivity index (χ0n) is 8.98. The molecule has 0 unspecified atom stereocenters. The van der Waals surface area contributed by atoms with Crippen molar-refractivity contribution < 1.29 is 9.53 Å². The van der Waals surface area contributed by atoms with Crippen LogP contribution in [0.2, 0.25) is 0 Å². The van der Waals surface area contributed by atoms with Crippen LogP contribution in [0.4, 0.5) is 11.4 Å². The number of hydrogen-bond acceptors (Lipinski definition) is 4. The lowest BCUT2D eigenvalue weighted by atomic mass is 10.3. The zero-order valence-corrected chi connectivity index (χ0v) is 8.98. The molecule has 0 aliphatic rings. The number of hydrogen-bond donors (Lipinski definition) is 0. The van der Waals surface area contributed by atoms with Crippen molar-refractivity contribution in [2.75, 3.05) is 0 Å². The molecule has 0 atom stereocenters. The number of carbonyl (C=O) groups excluding carboxylic acids is 1. The van der Waals surface area contributed by atoms with Crippen molar-refractivity contribution in [2.24, 2.45) is 10.2 Å². The third kappa shape index (κ3) is 3.24. The number of benzene rings is 2. The van der Waals surface area contributed by atoms with Gasteiger partial charge in [0.2, 0.25) is 0 Å². The summed E-state index contributed by atoms with van der Waals surface area (Å²) in [5.41, 5.74) is 1.49. The second-order valence-corrected chi connectivity index (χ2v) is 3.24. The molecule has 4 heteroatoms. The van der Waals surface area contributed by atoms with Gasteiger partial charge in [0, 0.05) is 0 Å². The molecule has 0 aromatic heterocycles. The summed E-state index contributed by atoms with van der Waals surface area (Å²) in [4.78, 5) is 10.1. The van der Waals surface area contributed by atoms with Crippen LogP contribution < -0.4 is 4.74 Å². The van der Waals surface area contributed by atoms with Gasteiger partial charge in [0.25, 0.3) is 6.47 Å². The normalized spacial score (nSPS) is 10.4. The van der Waals surface area contributed by atoms with Crippen LogP contribution in [0.3, 0.4) is 0 Å². The average Bonchev–Trinajstić information content (AvgIpc) is 2.40. The number of carbonyl (C=O) groups is 1. The number of azo groups is 1. The molecule has 0 amide bonds. The maximum atomic E-state index is 10.1. The van der Waals surface area contributed by atoms with Gasteiger partial charge in [-0.1, -0.05) is 18.2 Å². The monoisotopic (exact) mass is 226 g/mol. The molecule has 0 radical (unpaired) electrons. The van der Waals surface area contributed by atoms with Crippen molar-refractivity contribution in [2.45, 2.75) is 0 Å². The summed E-state index contributed by atoms with van der Waals surface area (Å²) in [7, 11) is 0. The van der Waals surface area contributed by atoms with Gasteiger partial charge < -0.3 is 4.74 Å². The quantitative estimate of drug-likeness (QED) is 0.590. The predicted octanol–water partition coefficient (Wildman–Crippen LogP) is 3.64. The van der Waals surface area contributed by atoms with Gasteiger partial charge >= 0.3 is 0 Å². The number of rotatable bonds is 4. The van der Waals surface area contributed by atoms with E-state index < -0.39 is 0 Å². The Morgan fingerprint density at radius 3 is 2.00 bits per heavy atom. The first-order valence-electron chi connectivity index (χ1n) is 5.05. The predicted molar refractivity (Wildman–Crippen MR) is 63.8 cm³/mol. The van der Waals surface area contributed by atoms with E-state index in [0.717, 1.165) is 5.69 Å². The van der Waals surface area contributed by atoms with Gasteiger partial charge in [0.15, 0.2) is 0 Å². The van der Waals surface area contributed by atoms with E-state index >= 15 is 0 Å². The van der Waals surface area contributed by atoms with E-state index in [4.69, 9.17) is 0 Å². The Bertz CT molecular complexity index is 507. The molecule has 0 aliphatic heterocycles. The van der Waals surface area contributed by atoms with Crippen LogP contribution in [0.5, 0.6) is 5.75 Å². The molecule has 0 N–H and O–H groups in total. The third-order valence-electron chi connectivity index (χ3n) is 2.06. The minimum Gasteiger partial charge on any atom is -0.429 e. The van der Waals surface area contributed by atoms with Gasteiger partial charge in [-0.2, -0.15) is 10.2 Å². The Hall–Kier alpha value is -2.49. The highest BCUT2D eigenvalue weighted by Crippen LogP contribution is 2.20. The molecule has 2 aromatic rings. The fourth-order valence-corrected chi connectivity index (χ4v) is 1.26. The lowest BCUT2D eigenvalue weighted by molar-refractivity contribution is -0.120. The van der Waals surface area contributed by atoms with Crippen LogP contribution in [0, 0.1) is 0 Å². The molecule has 84 valence electrons. The lowest BCUT2D eigenvalue weighted by Gasteiger charge is -1.96. The SMILES string of the molecule is O=COc1ccc(N=Nc2ccccc2)cc1. The standard InChI is InChI=1S/C13H10N2O2/c16-10-17-13-8-6-12(7-9-13)15-14-11-4-2-1-3-5-11/h1-10H. The second-order valence-electron chi connectivity index (χ2n) is 3.24. The fraction of sp³-hybridized carbons (Fsp3) is 0. The van der Waals surface area contributed by atoms with Crippen LogP contribution in [-0.4, -0.2) is 6.47 Å². The van der Waals surface area contributed by atoms with Gasteiger partial charge in [-0.3, -0.25) is 4.79 Å². The minimum atomic E-state index is 0.389.